The maximum Gasteiger partial charge on any atom is 0.188 e. The Morgan fingerprint density at radius 1 is 1.17 bits per heavy atom. The molecule has 2 aromatic carbocycles. The second-order valence-corrected chi connectivity index (χ2v) is 5.16. The van der Waals surface area contributed by atoms with Gasteiger partial charge in [0.1, 0.15) is 5.82 Å². The van der Waals surface area contributed by atoms with E-state index < -0.39 is 0 Å². The Morgan fingerprint density at radius 3 is 2.89 bits per heavy atom. The van der Waals surface area contributed by atoms with Crippen LogP contribution in [-0.2, 0) is 0 Å². The number of rotatable bonds is 2. The summed E-state index contributed by atoms with van der Waals surface area (Å²) in [6.07, 6.45) is 0. The maximum atomic E-state index is 13.1. The maximum absolute atomic E-state index is 13.1. The zero-order valence-electron chi connectivity index (χ0n) is 9.77. The summed E-state index contributed by atoms with van der Waals surface area (Å²) >= 11 is 1.56. The first-order chi connectivity index (χ1) is 8.70. The number of thiazole rings is 1. The summed E-state index contributed by atoms with van der Waals surface area (Å²) in [4.78, 5) is 4.48. The van der Waals surface area contributed by atoms with Crippen molar-refractivity contribution in [1.29, 1.82) is 0 Å². The van der Waals surface area contributed by atoms with Crippen LogP contribution in [0, 0.1) is 12.7 Å². The number of hydrogen-bond acceptors (Lipinski definition) is 3. The Kier molecular flexibility index (Phi) is 2.72. The molecule has 1 N–H and O–H groups in total. The fourth-order valence-electron chi connectivity index (χ4n) is 1.78. The third kappa shape index (κ3) is 2.19. The molecule has 18 heavy (non-hydrogen) atoms. The van der Waals surface area contributed by atoms with E-state index in [1.165, 1.54) is 17.7 Å². The van der Waals surface area contributed by atoms with E-state index in [1.807, 2.05) is 19.1 Å². The third-order valence-corrected chi connectivity index (χ3v) is 3.57. The molecular weight excluding hydrogens is 247 g/mol. The number of benzene rings is 2. The minimum Gasteiger partial charge on any atom is -0.331 e. The van der Waals surface area contributed by atoms with Gasteiger partial charge in [-0.2, -0.15) is 0 Å². The van der Waals surface area contributed by atoms with Crippen LogP contribution in [0.4, 0.5) is 15.2 Å². The first kappa shape index (κ1) is 11.2. The van der Waals surface area contributed by atoms with Crippen molar-refractivity contribution in [2.75, 3.05) is 5.32 Å². The van der Waals surface area contributed by atoms with Gasteiger partial charge in [-0.3, -0.25) is 0 Å². The lowest BCUT2D eigenvalue weighted by Crippen LogP contribution is -1.89. The number of nitrogens with one attached hydrogen (secondary N) is 1. The van der Waals surface area contributed by atoms with Crippen molar-refractivity contribution in [2.24, 2.45) is 0 Å². The van der Waals surface area contributed by atoms with Crippen LogP contribution in [0.5, 0.6) is 0 Å². The summed E-state index contributed by atoms with van der Waals surface area (Å²) in [7, 11) is 0. The number of anilines is 2. The van der Waals surface area contributed by atoms with Gasteiger partial charge >= 0.3 is 0 Å². The standard InChI is InChI=1S/C14H11FN2S/c1-9-5-6-13-12(7-9)17-14(18-13)16-11-4-2-3-10(15)8-11/h2-8H,1H3,(H,16,17). The summed E-state index contributed by atoms with van der Waals surface area (Å²) in [6.45, 7) is 2.04. The van der Waals surface area contributed by atoms with Gasteiger partial charge in [0.15, 0.2) is 5.13 Å². The van der Waals surface area contributed by atoms with Crippen LogP contribution in [0.15, 0.2) is 42.5 Å². The van der Waals surface area contributed by atoms with Crippen LogP contribution >= 0.6 is 11.3 Å². The van der Waals surface area contributed by atoms with E-state index in [4.69, 9.17) is 0 Å². The lowest BCUT2D eigenvalue weighted by Gasteiger charge is -2.01. The zero-order chi connectivity index (χ0) is 12.5. The van der Waals surface area contributed by atoms with Crippen molar-refractivity contribution in [2.45, 2.75) is 6.92 Å². The highest BCUT2D eigenvalue weighted by atomic mass is 32.1. The van der Waals surface area contributed by atoms with Crippen LogP contribution in [-0.4, -0.2) is 4.98 Å². The minimum absolute atomic E-state index is 0.253. The average molecular weight is 258 g/mol. The lowest BCUT2D eigenvalue weighted by molar-refractivity contribution is 0.628. The Morgan fingerprint density at radius 2 is 2.06 bits per heavy atom. The monoisotopic (exact) mass is 258 g/mol. The van der Waals surface area contributed by atoms with Gasteiger partial charge in [-0.15, -0.1) is 0 Å². The molecule has 0 aliphatic heterocycles. The molecule has 0 unspecified atom stereocenters. The number of fused-ring (bicyclic) bond motifs is 1. The van der Waals surface area contributed by atoms with Gasteiger partial charge < -0.3 is 5.32 Å². The van der Waals surface area contributed by atoms with Crippen molar-refractivity contribution in [3.05, 3.63) is 53.8 Å². The molecule has 0 amide bonds. The van der Waals surface area contributed by atoms with Gasteiger partial charge in [-0.1, -0.05) is 23.5 Å². The predicted molar refractivity (Wildman–Crippen MR) is 74.0 cm³/mol. The quantitative estimate of drug-likeness (QED) is 0.732. The summed E-state index contributed by atoms with van der Waals surface area (Å²) in [5.74, 6) is -0.253. The Bertz CT molecular complexity index is 706. The number of halogens is 1. The van der Waals surface area contributed by atoms with Crippen LogP contribution in [0.2, 0.25) is 0 Å². The molecule has 0 fully saturated rings. The molecule has 0 saturated heterocycles. The van der Waals surface area contributed by atoms with Crippen molar-refractivity contribution in [1.82, 2.24) is 4.98 Å². The van der Waals surface area contributed by atoms with E-state index in [1.54, 1.807) is 17.4 Å². The summed E-state index contributed by atoms with van der Waals surface area (Å²) in [5.41, 5.74) is 2.87. The summed E-state index contributed by atoms with van der Waals surface area (Å²) < 4.78 is 14.2. The second kappa shape index (κ2) is 4.38. The predicted octanol–water partition coefficient (Wildman–Crippen LogP) is 4.49. The van der Waals surface area contributed by atoms with E-state index in [-0.39, 0.29) is 5.82 Å². The molecule has 3 rings (SSSR count). The average Bonchev–Trinajstić information content (AvgIpc) is 2.70. The number of aryl methyl sites for hydroxylation is 1. The molecule has 0 aliphatic rings. The molecule has 0 saturated carbocycles. The molecule has 0 radical (unpaired) electrons. The molecule has 0 bridgehead atoms. The van der Waals surface area contributed by atoms with E-state index in [9.17, 15) is 4.39 Å². The molecule has 4 heteroatoms. The largest absolute Gasteiger partial charge is 0.331 e. The van der Waals surface area contributed by atoms with Gasteiger partial charge in [-0.05, 0) is 42.8 Å². The van der Waals surface area contributed by atoms with Crippen LogP contribution in [0.25, 0.3) is 10.2 Å². The third-order valence-electron chi connectivity index (χ3n) is 2.62. The van der Waals surface area contributed by atoms with Crippen LogP contribution in [0.3, 0.4) is 0 Å². The van der Waals surface area contributed by atoms with Crippen molar-refractivity contribution in [3.63, 3.8) is 0 Å². The Labute approximate surface area is 108 Å². The van der Waals surface area contributed by atoms with Crippen molar-refractivity contribution in [3.8, 4) is 0 Å². The van der Waals surface area contributed by atoms with E-state index in [2.05, 4.69) is 22.4 Å². The van der Waals surface area contributed by atoms with Crippen molar-refractivity contribution >= 4 is 32.4 Å². The highest BCUT2D eigenvalue weighted by Gasteiger charge is 2.04. The molecule has 1 aromatic heterocycles. The topological polar surface area (TPSA) is 24.9 Å². The van der Waals surface area contributed by atoms with Gasteiger partial charge in [0.25, 0.3) is 0 Å². The van der Waals surface area contributed by atoms with Gasteiger partial charge in [0, 0.05) is 5.69 Å². The molecule has 0 atom stereocenters. The first-order valence-electron chi connectivity index (χ1n) is 5.60. The SMILES string of the molecule is Cc1ccc2sc(Nc3cccc(F)c3)nc2c1. The summed E-state index contributed by atoms with van der Waals surface area (Å²) in [6, 6.07) is 12.5. The number of hydrogen-bond donors (Lipinski definition) is 1. The van der Waals surface area contributed by atoms with Gasteiger partial charge in [0.05, 0.1) is 10.2 Å². The smallest absolute Gasteiger partial charge is 0.188 e. The van der Waals surface area contributed by atoms with E-state index in [0.717, 1.165) is 15.3 Å². The Balaban J connectivity index is 1.95. The lowest BCUT2D eigenvalue weighted by atomic mass is 10.2. The molecule has 3 aromatic rings. The fraction of sp³-hybridized carbons (Fsp3) is 0.0714. The van der Waals surface area contributed by atoms with E-state index in [0.29, 0.717) is 5.69 Å². The molecular formula is C14H11FN2S. The van der Waals surface area contributed by atoms with Crippen LogP contribution in [0.1, 0.15) is 5.56 Å². The Hall–Kier alpha value is -1.94. The molecule has 1 heterocycles. The number of aromatic nitrogens is 1. The minimum atomic E-state index is -0.253. The zero-order valence-corrected chi connectivity index (χ0v) is 10.6. The van der Waals surface area contributed by atoms with E-state index >= 15 is 0 Å². The van der Waals surface area contributed by atoms with Gasteiger partial charge in [-0.25, -0.2) is 9.37 Å². The highest BCUT2D eigenvalue weighted by Crippen LogP contribution is 2.28. The summed E-state index contributed by atoms with van der Waals surface area (Å²) in [5, 5.41) is 3.90. The van der Waals surface area contributed by atoms with Crippen molar-refractivity contribution < 1.29 is 4.39 Å². The molecule has 0 spiro atoms. The van der Waals surface area contributed by atoms with Gasteiger partial charge in [0.2, 0.25) is 0 Å². The molecule has 0 aliphatic carbocycles. The first-order valence-corrected chi connectivity index (χ1v) is 6.42. The second-order valence-electron chi connectivity index (χ2n) is 4.13. The fourth-order valence-corrected chi connectivity index (χ4v) is 2.65. The van der Waals surface area contributed by atoms with Crippen LogP contribution < -0.4 is 5.32 Å². The normalized spacial score (nSPS) is 10.8. The highest BCUT2D eigenvalue weighted by molar-refractivity contribution is 7.22. The molecule has 2 nitrogen and oxygen atoms in total. The number of nitrogens with zero attached hydrogens (tertiary/aromatic N) is 1. The molecule has 90 valence electrons.